The van der Waals surface area contributed by atoms with E-state index in [9.17, 15) is 9.50 Å². The maximum absolute atomic E-state index is 14.7. The number of rotatable bonds is 8. The molecule has 33 heavy (non-hydrogen) atoms. The van der Waals surface area contributed by atoms with E-state index in [1.54, 1.807) is 6.07 Å². The molecule has 0 aromatic heterocycles. The highest BCUT2D eigenvalue weighted by Gasteiger charge is 2.19. The van der Waals surface area contributed by atoms with Crippen molar-refractivity contribution in [2.75, 3.05) is 38.2 Å². The zero-order valence-corrected chi connectivity index (χ0v) is 22.1. The molecule has 1 heterocycles. The number of piperidine rings is 1. The van der Waals surface area contributed by atoms with Crippen LogP contribution in [0.2, 0.25) is 0 Å². The summed E-state index contributed by atoms with van der Waals surface area (Å²) >= 11 is 0. The summed E-state index contributed by atoms with van der Waals surface area (Å²) in [5.74, 6) is 1.41. The summed E-state index contributed by atoms with van der Waals surface area (Å²) in [5.41, 5.74) is 2.58. The first-order chi connectivity index (χ1) is 15.5. The highest BCUT2D eigenvalue weighted by molar-refractivity contribution is 14.0. The second kappa shape index (κ2) is 13.6. The first-order valence-corrected chi connectivity index (χ1v) is 11.4. The normalized spacial score (nSPS) is 14.6. The number of halogens is 2. The summed E-state index contributed by atoms with van der Waals surface area (Å²) in [6, 6.07) is 13.4. The van der Waals surface area contributed by atoms with E-state index in [4.69, 9.17) is 9.73 Å². The molecule has 0 aliphatic carbocycles. The molecular weight excluding hydrogens is 534 g/mol. The lowest BCUT2D eigenvalue weighted by Gasteiger charge is -2.31. The van der Waals surface area contributed by atoms with Crippen LogP contribution in [0.3, 0.4) is 0 Å². The van der Waals surface area contributed by atoms with Gasteiger partial charge in [-0.3, -0.25) is 0 Å². The van der Waals surface area contributed by atoms with Crippen molar-refractivity contribution in [1.82, 2.24) is 10.2 Å². The standard InChI is InChI=1S/C25H35FN4O2.HI/c1-4-27-25(29(3)18-19-6-9-22(10-7-19)32-5-2)28-17-20-8-11-24(23(26)16-20)30-14-12-21(31)13-15-30;/h6-11,16,21,31H,4-5,12-15,17-18H2,1-3H3,(H,27,28);1H. The molecule has 0 radical (unpaired) electrons. The van der Waals surface area contributed by atoms with Gasteiger partial charge in [0.25, 0.3) is 0 Å². The van der Waals surface area contributed by atoms with Crippen molar-refractivity contribution < 1.29 is 14.2 Å². The molecule has 2 aromatic carbocycles. The average molecular weight is 570 g/mol. The molecule has 0 amide bonds. The van der Waals surface area contributed by atoms with Crippen LogP contribution in [0, 0.1) is 5.82 Å². The zero-order valence-electron chi connectivity index (χ0n) is 19.8. The number of aliphatic imine (C=N–C) groups is 1. The topological polar surface area (TPSA) is 60.3 Å². The van der Waals surface area contributed by atoms with E-state index in [1.165, 1.54) is 0 Å². The molecule has 2 N–H and O–H groups in total. The smallest absolute Gasteiger partial charge is 0.194 e. The van der Waals surface area contributed by atoms with Gasteiger partial charge in [0.15, 0.2) is 5.96 Å². The lowest BCUT2D eigenvalue weighted by atomic mass is 10.1. The number of hydrogen-bond acceptors (Lipinski definition) is 4. The number of aliphatic hydroxyl groups is 1. The Hall–Kier alpha value is -2.07. The molecule has 0 saturated carbocycles. The van der Waals surface area contributed by atoms with Gasteiger partial charge in [0.05, 0.1) is 24.9 Å². The van der Waals surface area contributed by atoms with E-state index in [2.05, 4.69) is 22.3 Å². The molecule has 1 aliphatic heterocycles. The van der Waals surface area contributed by atoms with E-state index in [0.29, 0.717) is 51.3 Å². The number of hydrogen-bond donors (Lipinski definition) is 2. The molecule has 2 aromatic rings. The molecule has 1 saturated heterocycles. The van der Waals surface area contributed by atoms with Gasteiger partial charge in [-0.15, -0.1) is 24.0 Å². The van der Waals surface area contributed by atoms with Crippen LogP contribution in [-0.2, 0) is 13.1 Å². The molecule has 3 rings (SSSR count). The minimum absolute atomic E-state index is 0. The van der Waals surface area contributed by atoms with E-state index in [1.807, 2.05) is 50.1 Å². The summed E-state index contributed by atoms with van der Waals surface area (Å²) in [5, 5.41) is 13.0. The van der Waals surface area contributed by atoms with Gasteiger partial charge in [-0.05, 0) is 62.1 Å². The number of benzene rings is 2. The monoisotopic (exact) mass is 570 g/mol. The summed E-state index contributed by atoms with van der Waals surface area (Å²) < 4.78 is 20.3. The molecule has 0 unspecified atom stereocenters. The fourth-order valence-electron chi connectivity index (χ4n) is 3.85. The van der Waals surface area contributed by atoms with Gasteiger partial charge in [0.1, 0.15) is 11.6 Å². The molecule has 1 fully saturated rings. The van der Waals surface area contributed by atoms with Crippen LogP contribution in [0.4, 0.5) is 10.1 Å². The van der Waals surface area contributed by atoms with Crippen LogP contribution < -0.4 is 15.0 Å². The van der Waals surface area contributed by atoms with Crippen molar-refractivity contribution in [1.29, 1.82) is 0 Å². The lowest BCUT2D eigenvalue weighted by Crippen LogP contribution is -2.38. The van der Waals surface area contributed by atoms with Crippen LogP contribution in [0.5, 0.6) is 5.75 Å². The van der Waals surface area contributed by atoms with Crippen LogP contribution in [0.25, 0.3) is 0 Å². The Kier molecular flexibility index (Phi) is 11.2. The molecule has 182 valence electrons. The molecule has 6 nitrogen and oxygen atoms in total. The van der Waals surface area contributed by atoms with Crippen molar-refractivity contribution in [3.63, 3.8) is 0 Å². The number of guanidine groups is 1. The Labute approximate surface area is 213 Å². The molecule has 1 aliphatic rings. The lowest BCUT2D eigenvalue weighted by molar-refractivity contribution is 0.145. The predicted octanol–water partition coefficient (Wildman–Crippen LogP) is 4.40. The third-order valence-corrected chi connectivity index (χ3v) is 5.58. The van der Waals surface area contributed by atoms with Gasteiger partial charge in [-0.25, -0.2) is 9.38 Å². The fourth-order valence-corrected chi connectivity index (χ4v) is 3.85. The van der Waals surface area contributed by atoms with Gasteiger partial charge < -0.3 is 25.0 Å². The Morgan fingerprint density at radius 2 is 1.82 bits per heavy atom. The Bertz CT molecular complexity index is 886. The van der Waals surface area contributed by atoms with E-state index in [-0.39, 0.29) is 35.9 Å². The third-order valence-electron chi connectivity index (χ3n) is 5.58. The summed E-state index contributed by atoms with van der Waals surface area (Å²) in [4.78, 5) is 8.78. The second-order valence-electron chi connectivity index (χ2n) is 8.11. The van der Waals surface area contributed by atoms with Crippen LogP contribution in [0.1, 0.15) is 37.8 Å². The Morgan fingerprint density at radius 1 is 1.15 bits per heavy atom. The van der Waals surface area contributed by atoms with Gasteiger partial charge in [0, 0.05) is 33.2 Å². The maximum Gasteiger partial charge on any atom is 0.194 e. The number of aliphatic hydroxyl groups excluding tert-OH is 1. The van der Waals surface area contributed by atoms with Crippen molar-refractivity contribution in [3.05, 3.63) is 59.4 Å². The zero-order chi connectivity index (χ0) is 22.9. The largest absolute Gasteiger partial charge is 0.494 e. The predicted molar refractivity (Wildman–Crippen MR) is 143 cm³/mol. The highest BCUT2D eigenvalue weighted by Crippen LogP contribution is 2.24. The average Bonchev–Trinajstić information content (AvgIpc) is 2.79. The van der Waals surface area contributed by atoms with Crippen molar-refractivity contribution >= 4 is 35.6 Å². The maximum atomic E-state index is 14.7. The van der Waals surface area contributed by atoms with E-state index >= 15 is 0 Å². The second-order valence-corrected chi connectivity index (χ2v) is 8.11. The minimum Gasteiger partial charge on any atom is -0.494 e. The number of anilines is 1. The first kappa shape index (κ1) is 27.2. The summed E-state index contributed by atoms with van der Waals surface area (Å²) in [7, 11) is 1.99. The SMILES string of the molecule is CCNC(=NCc1ccc(N2CCC(O)CC2)c(F)c1)N(C)Cc1ccc(OCC)cc1.I. The highest BCUT2D eigenvalue weighted by atomic mass is 127. The molecule has 0 spiro atoms. The quantitative estimate of drug-likeness (QED) is 0.280. The van der Waals surface area contributed by atoms with E-state index in [0.717, 1.165) is 29.4 Å². The van der Waals surface area contributed by atoms with Gasteiger partial charge in [-0.1, -0.05) is 18.2 Å². The number of nitrogens with one attached hydrogen (secondary N) is 1. The van der Waals surface area contributed by atoms with Gasteiger partial charge >= 0.3 is 0 Å². The van der Waals surface area contributed by atoms with Gasteiger partial charge in [0.2, 0.25) is 0 Å². The van der Waals surface area contributed by atoms with Crippen molar-refractivity contribution in [3.8, 4) is 5.75 Å². The summed E-state index contributed by atoms with van der Waals surface area (Å²) in [6.07, 6.45) is 1.09. The summed E-state index contributed by atoms with van der Waals surface area (Å²) in [6.45, 7) is 7.86. The Balaban J connectivity index is 0.00000385. The molecule has 8 heteroatoms. The number of nitrogens with zero attached hydrogens (tertiary/aromatic N) is 3. The van der Waals surface area contributed by atoms with Crippen LogP contribution in [0.15, 0.2) is 47.5 Å². The van der Waals surface area contributed by atoms with Crippen LogP contribution >= 0.6 is 24.0 Å². The van der Waals surface area contributed by atoms with Crippen LogP contribution in [-0.4, -0.2) is 55.4 Å². The van der Waals surface area contributed by atoms with Gasteiger partial charge in [-0.2, -0.15) is 0 Å². The molecule has 0 bridgehead atoms. The third kappa shape index (κ3) is 8.03. The molecular formula is C25H36FIN4O2. The molecule has 0 atom stereocenters. The minimum atomic E-state index is -0.271. The van der Waals surface area contributed by atoms with E-state index < -0.39 is 0 Å². The number of ether oxygens (including phenoxy) is 1. The Morgan fingerprint density at radius 3 is 2.42 bits per heavy atom. The first-order valence-electron chi connectivity index (χ1n) is 11.4. The van der Waals surface area contributed by atoms with Crippen molar-refractivity contribution in [2.45, 2.75) is 45.9 Å². The van der Waals surface area contributed by atoms with Crippen molar-refractivity contribution in [2.24, 2.45) is 4.99 Å². The fraction of sp³-hybridized carbons (Fsp3) is 0.480.